The first-order valence-electron chi connectivity index (χ1n) is 5.77. The highest BCUT2D eigenvalue weighted by Gasteiger charge is 2.09. The molecule has 17 heavy (non-hydrogen) atoms. The standard InChI is InChI=1S/C12H20N2O2S/c1-3-13-8-9-17(15,16)14-10-12-7-5-4-6-11(12)2/h4-7,13-14H,3,8-10H2,1-2H3. The van der Waals surface area contributed by atoms with Crippen LogP contribution in [-0.2, 0) is 16.6 Å². The zero-order chi connectivity index (χ0) is 12.7. The molecule has 0 fully saturated rings. The molecular formula is C12H20N2O2S. The van der Waals surface area contributed by atoms with E-state index >= 15 is 0 Å². The first-order valence-corrected chi connectivity index (χ1v) is 7.43. The molecule has 0 saturated carbocycles. The van der Waals surface area contributed by atoms with Crippen molar-refractivity contribution in [1.29, 1.82) is 0 Å². The van der Waals surface area contributed by atoms with Gasteiger partial charge in [-0.1, -0.05) is 31.2 Å². The lowest BCUT2D eigenvalue weighted by atomic mass is 10.1. The van der Waals surface area contributed by atoms with Crippen LogP contribution in [0.3, 0.4) is 0 Å². The van der Waals surface area contributed by atoms with Crippen LogP contribution in [0.1, 0.15) is 18.1 Å². The van der Waals surface area contributed by atoms with Crippen LogP contribution in [0.5, 0.6) is 0 Å². The Morgan fingerprint density at radius 1 is 1.24 bits per heavy atom. The third-order valence-corrected chi connectivity index (χ3v) is 3.87. The first kappa shape index (κ1) is 14.2. The van der Waals surface area contributed by atoms with Crippen molar-refractivity contribution in [2.24, 2.45) is 0 Å². The summed E-state index contributed by atoms with van der Waals surface area (Å²) >= 11 is 0. The largest absolute Gasteiger partial charge is 0.316 e. The molecule has 0 bridgehead atoms. The monoisotopic (exact) mass is 256 g/mol. The van der Waals surface area contributed by atoms with Crippen molar-refractivity contribution in [2.45, 2.75) is 20.4 Å². The summed E-state index contributed by atoms with van der Waals surface area (Å²) in [4.78, 5) is 0. The second kappa shape index (κ2) is 6.74. The normalized spacial score (nSPS) is 11.6. The van der Waals surface area contributed by atoms with Gasteiger partial charge in [0.1, 0.15) is 0 Å². The molecular weight excluding hydrogens is 236 g/mol. The summed E-state index contributed by atoms with van der Waals surface area (Å²) in [6.45, 7) is 5.56. The highest BCUT2D eigenvalue weighted by Crippen LogP contribution is 2.06. The van der Waals surface area contributed by atoms with Gasteiger partial charge in [0.2, 0.25) is 10.0 Å². The number of benzene rings is 1. The van der Waals surface area contributed by atoms with Gasteiger partial charge in [-0.3, -0.25) is 0 Å². The van der Waals surface area contributed by atoms with Gasteiger partial charge in [-0.2, -0.15) is 0 Å². The van der Waals surface area contributed by atoms with Crippen molar-refractivity contribution in [1.82, 2.24) is 10.0 Å². The van der Waals surface area contributed by atoms with Crippen LogP contribution in [0, 0.1) is 6.92 Å². The number of aryl methyl sites for hydroxylation is 1. The Hall–Kier alpha value is -0.910. The average Bonchev–Trinajstić information content (AvgIpc) is 2.28. The fourth-order valence-electron chi connectivity index (χ4n) is 1.45. The van der Waals surface area contributed by atoms with E-state index in [1.165, 1.54) is 0 Å². The highest BCUT2D eigenvalue weighted by molar-refractivity contribution is 7.89. The lowest BCUT2D eigenvalue weighted by Crippen LogP contribution is -2.31. The number of hydrogen-bond donors (Lipinski definition) is 2. The van der Waals surface area contributed by atoms with Crippen LogP contribution < -0.4 is 10.0 Å². The van der Waals surface area contributed by atoms with Crippen molar-refractivity contribution < 1.29 is 8.42 Å². The lowest BCUT2D eigenvalue weighted by Gasteiger charge is -2.08. The maximum Gasteiger partial charge on any atom is 0.213 e. The van der Waals surface area contributed by atoms with E-state index in [0.29, 0.717) is 13.1 Å². The van der Waals surface area contributed by atoms with Gasteiger partial charge in [-0.15, -0.1) is 0 Å². The molecule has 96 valence electrons. The molecule has 1 rings (SSSR count). The van der Waals surface area contributed by atoms with E-state index in [1.807, 2.05) is 38.1 Å². The summed E-state index contributed by atoms with van der Waals surface area (Å²) in [5, 5.41) is 2.99. The fraction of sp³-hybridized carbons (Fsp3) is 0.500. The van der Waals surface area contributed by atoms with Gasteiger partial charge in [0.15, 0.2) is 0 Å². The number of sulfonamides is 1. The maximum atomic E-state index is 11.6. The summed E-state index contributed by atoms with van der Waals surface area (Å²) in [6.07, 6.45) is 0. The van der Waals surface area contributed by atoms with Crippen LogP contribution in [-0.4, -0.2) is 27.3 Å². The molecule has 0 atom stereocenters. The minimum absolute atomic E-state index is 0.118. The van der Waals surface area contributed by atoms with E-state index in [2.05, 4.69) is 10.0 Å². The minimum atomic E-state index is -3.18. The van der Waals surface area contributed by atoms with Crippen molar-refractivity contribution in [3.8, 4) is 0 Å². The molecule has 0 aliphatic rings. The first-order chi connectivity index (χ1) is 8.05. The van der Waals surface area contributed by atoms with E-state index in [9.17, 15) is 8.42 Å². The third-order valence-electron chi connectivity index (χ3n) is 2.54. The summed E-state index contributed by atoms with van der Waals surface area (Å²) in [5.41, 5.74) is 2.11. The van der Waals surface area contributed by atoms with Crippen LogP contribution >= 0.6 is 0 Å². The third kappa shape index (κ3) is 5.30. The van der Waals surface area contributed by atoms with E-state index < -0.39 is 10.0 Å². The Bertz CT molecular complexity index is 444. The molecule has 0 saturated heterocycles. The SMILES string of the molecule is CCNCCS(=O)(=O)NCc1ccccc1C. The molecule has 2 N–H and O–H groups in total. The molecule has 1 aromatic carbocycles. The molecule has 5 heteroatoms. The molecule has 0 spiro atoms. The smallest absolute Gasteiger partial charge is 0.213 e. The summed E-state index contributed by atoms with van der Waals surface area (Å²) < 4.78 is 25.9. The molecule has 0 amide bonds. The molecule has 0 aliphatic carbocycles. The lowest BCUT2D eigenvalue weighted by molar-refractivity contribution is 0.577. The van der Waals surface area contributed by atoms with Crippen molar-refractivity contribution in [3.05, 3.63) is 35.4 Å². The van der Waals surface area contributed by atoms with E-state index in [-0.39, 0.29) is 5.75 Å². The quantitative estimate of drug-likeness (QED) is 0.716. The van der Waals surface area contributed by atoms with Crippen molar-refractivity contribution in [3.63, 3.8) is 0 Å². The van der Waals surface area contributed by atoms with Gasteiger partial charge in [0.05, 0.1) is 5.75 Å². The van der Waals surface area contributed by atoms with Gasteiger partial charge < -0.3 is 5.32 Å². The molecule has 1 aromatic rings. The van der Waals surface area contributed by atoms with E-state index in [4.69, 9.17) is 0 Å². The molecule has 0 aromatic heterocycles. The predicted octanol–water partition coefficient (Wildman–Crippen LogP) is 1.02. The summed E-state index contributed by atoms with van der Waals surface area (Å²) in [7, 11) is -3.18. The molecule has 0 heterocycles. The maximum absolute atomic E-state index is 11.6. The number of nitrogens with one attached hydrogen (secondary N) is 2. The predicted molar refractivity (Wildman–Crippen MR) is 70.3 cm³/mol. The minimum Gasteiger partial charge on any atom is -0.316 e. The van der Waals surface area contributed by atoms with Gasteiger partial charge in [-0.05, 0) is 24.6 Å². The zero-order valence-corrected chi connectivity index (χ0v) is 11.2. The van der Waals surface area contributed by atoms with Gasteiger partial charge in [-0.25, -0.2) is 13.1 Å². The number of rotatable bonds is 7. The average molecular weight is 256 g/mol. The zero-order valence-electron chi connectivity index (χ0n) is 10.4. The Labute approximate surface area is 103 Å². The van der Waals surface area contributed by atoms with Crippen LogP contribution in [0.2, 0.25) is 0 Å². The van der Waals surface area contributed by atoms with Crippen molar-refractivity contribution >= 4 is 10.0 Å². The van der Waals surface area contributed by atoms with Gasteiger partial charge >= 0.3 is 0 Å². The van der Waals surface area contributed by atoms with Crippen molar-refractivity contribution in [2.75, 3.05) is 18.8 Å². The molecule has 0 unspecified atom stereocenters. The van der Waals surface area contributed by atoms with Crippen LogP contribution in [0.25, 0.3) is 0 Å². The molecule has 4 nitrogen and oxygen atoms in total. The topological polar surface area (TPSA) is 58.2 Å². The summed E-state index contributed by atoms with van der Waals surface area (Å²) in [5.74, 6) is 0.118. The van der Waals surface area contributed by atoms with Gasteiger partial charge in [0, 0.05) is 13.1 Å². The highest BCUT2D eigenvalue weighted by atomic mass is 32.2. The Morgan fingerprint density at radius 2 is 1.94 bits per heavy atom. The Kier molecular flexibility index (Phi) is 5.61. The van der Waals surface area contributed by atoms with E-state index in [1.54, 1.807) is 0 Å². The molecule has 0 aliphatic heterocycles. The second-order valence-electron chi connectivity index (χ2n) is 3.92. The summed E-state index contributed by atoms with van der Waals surface area (Å²) in [6, 6.07) is 7.76. The Balaban J connectivity index is 2.47. The number of hydrogen-bond acceptors (Lipinski definition) is 3. The van der Waals surface area contributed by atoms with E-state index in [0.717, 1.165) is 17.7 Å². The molecule has 0 radical (unpaired) electrons. The Morgan fingerprint density at radius 3 is 2.59 bits per heavy atom. The van der Waals surface area contributed by atoms with Crippen LogP contribution in [0.15, 0.2) is 24.3 Å². The van der Waals surface area contributed by atoms with Gasteiger partial charge in [0.25, 0.3) is 0 Å². The second-order valence-corrected chi connectivity index (χ2v) is 5.85. The van der Waals surface area contributed by atoms with Crippen LogP contribution in [0.4, 0.5) is 0 Å². The fourth-order valence-corrected chi connectivity index (χ4v) is 2.38.